The third-order valence-electron chi connectivity index (χ3n) is 2.89. The van der Waals surface area contributed by atoms with E-state index in [1.54, 1.807) is 0 Å². The fraction of sp³-hybridized carbons (Fsp3) is 0.417. The number of rotatable bonds is 5. The van der Waals surface area contributed by atoms with E-state index < -0.39 is 34.0 Å². The lowest BCUT2D eigenvalue weighted by Crippen LogP contribution is -2.45. The van der Waals surface area contributed by atoms with E-state index in [1.807, 2.05) is 0 Å². The van der Waals surface area contributed by atoms with Crippen LogP contribution in [0.5, 0.6) is 0 Å². The molecule has 11 heteroatoms. The number of carbonyl (C=O) groups is 3. The smallest absolute Gasteiger partial charge is 0.339 e. The Morgan fingerprint density at radius 3 is 2.57 bits per heavy atom. The molecule has 1 fully saturated rings. The number of imide groups is 1. The number of thiophene rings is 1. The molecule has 1 aromatic rings. The van der Waals surface area contributed by atoms with Crippen LogP contribution >= 0.6 is 11.3 Å². The number of hydrogen-bond donors (Lipinski definition) is 3. The maximum Gasteiger partial charge on any atom is 0.339 e. The van der Waals surface area contributed by atoms with Crippen molar-refractivity contribution in [1.82, 2.24) is 10.6 Å². The van der Waals surface area contributed by atoms with Crippen molar-refractivity contribution in [2.75, 3.05) is 0 Å². The number of esters is 1. The van der Waals surface area contributed by atoms with Crippen LogP contribution in [0, 0.1) is 0 Å². The molecule has 3 amide bonds. The molecule has 1 heterocycles. The van der Waals surface area contributed by atoms with Crippen molar-refractivity contribution in [3.05, 3.63) is 17.0 Å². The van der Waals surface area contributed by atoms with E-state index in [0.29, 0.717) is 0 Å². The van der Waals surface area contributed by atoms with Gasteiger partial charge in [0.15, 0.2) is 6.10 Å². The first-order valence-electron chi connectivity index (χ1n) is 6.60. The van der Waals surface area contributed by atoms with Gasteiger partial charge in [0, 0.05) is 11.4 Å². The lowest BCUT2D eigenvalue weighted by Gasteiger charge is -2.12. The molecule has 4 N–H and O–H groups in total. The molecule has 0 saturated heterocycles. The Labute approximate surface area is 136 Å². The number of carbonyl (C=O) groups excluding carboxylic acids is 3. The molecule has 0 radical (unpaired) electrons. The molecule has 0 spiro atoms. The highest BCUT2D eigenvalue weighted by Gasteiger charge is 2.26. The predicted octanol–water partition coefficient (Wildman–Crippen LogP) is -0.0710. The van der Waals surface area contributed by atoms with Crippen LogP contribution in [0.2, 0.25) is 0 Å². The topological polar surface area (TPSA) is 145 Å². The van der Waals surface area contributed by atoms with Crippen LogP contribution in [0.15, 0.2) is 15.7 Å². The molecule has 126 valence electrons. The summed E-state index contributed by atoms with van der Waals surface area (Å²) in [4.78, 5) is 35.0. The summed E-state index contributed by atoms with van der Waals surface area (Å²) >= 11 is 0.766. The van der Waals surface area contributed by atoms with Crippen molar-refractivity contribution < 1.29 is 27.5 Å². The number of amides is 3. The summed E-state index contributed by atoms with van der Waals surface area (Å²) in [5, 5.41) is 10.8. The number of nitrogens with two attached hydrogens (primary N) is 1. The van der Waals surface area contributed by atoms with E-state index in [-0.39, 0.29) is 15.8 Å². The van der Waals surface area contributed by atoms with Gasteiger partial charge in [0.2, 0.25) is 10.0 Å². The summed E-state index contributed by atoms with van der Waals surface area (Å²) in [6, 6.07) is 0.503. The fourth-order valence-corrected chi connectivity index (χ4v) is 3.09. The van der Waals surface area contributed by atoms with Crippen LogP contribution in [0.1, 0.15) is 30.1 Å². The van der Waals surface area contributed by atoms with Gasteiger partial charge in [-0.15, -0.1) is 11.3 Å². The number of primary sulfonamides is 1. The van der Waals surface area contributed by atoms with Gasteiger partial charge < -0.3 is 10.1 Å². The summed E-state index contributed by atoms with van der Waals surface area (Å²) in [6.07, 6.45) is 0.526. The van der Waals surface area contributed by atoms with Crippen LogP contribution in [-0.4, -0.2) is 38.5 Å². The third kappa shape index (κ3) is 5.01. The standard InChI is InChI=1S/C12H15N3O6S2/c1-6(10(16)15-12(18)14-8-2-3-8)21-11(17)7-4-9(22-5-7)23(13,19)20/h4-6,8H,2-3H2,1H3,(H2,13,19,20)(H2,14,15,16,18). The highest BCUT2D eigenvalue weighted by atomic mass is 32.2. The average molecular weight is 361 g/mol. The lowest BCUT2D eigenvalue weighted by molar-refractivity contribution is -0.127. The maximum absolute atomic E-state index is 11.8. The minimum absolute atomic E-state index is 0.0406. The quantitative estimate of drug-likeness (QED) is 0.626. The van der Waals surface area contributed by atoms with Crippen molar-refractivity contribution in [2.24, 2.45) is 5.14 Å². The number of nitrogens with one attached hydrogen (secondary N) is 2. The molecule has 1 unspecified atom stereocenters. The molecule has 1 aliphatic carbocycles. The number of sulfonamides is 1. The molecule has 1 saturated carbocycles. The Morgan fingerprint density at radius 1 is 1.39 bits per heavy atom. The molecule has 0 aromatic carbocycles. The van der Waals surface area contributed by atoms with Crippen LogP contribution in [0.3, 0.4) is 0 Å². The largest absolute Gasteiger partial charge is 0.449 e. The van der Waals surface area contributed by atoms with E-state index in [4.69, 9.17) is 9.88 Å². The van der Waals surface area contributed by atoms with Gasteiger partial charge in [0.1, 0.15) is 4.21 Å². The second-order valence-corrected chi connectivity index (χ2v) is 7.68. The molecule has 1 aliphatic rings. The highest BCUT2D eigenvalue weighted by molar-refractivity contribution is 7.91. The molecule has 1 atom stereocenters. The first kappa shape index (κ1) is 17.4. The van der Waals surface area contributed by atoms with Crippen LogP contribution < -0.4 is 15.8 Å². The van der Waals surface area contributed by atoms with Gasteiger partial charge in [-0.2, -0.15) is 0 Å². The van der Waals surface area contributed by atoms with E-state index in [1.165, 1.54) is 12.3 Å². The molecule has 9 nitrogen and oxygen atoms in total. The second-order valence-electron chi connectivity index (χ2n) is 4.98. The van der Waals surface area contributed by atoms with Gasteiger partial charge >= 0.3 is 12.0 Å². The van der Waals surface area contributed by atoms with Crippen molar-refractivity contribution in [3.63, 3.8) is 0 Å². The summed E-state index contributed by atoms with van der Waals surface area (Å²) in [7, 11) is -3.90. The average Bonchev–Trinajstić information content (AvgIpc) is 3.08. The van der Waals surface area contributed by atoms with Crippen molar-refractivity contribution in [1.29, 1.82) is 0 Å². The van der Waals surface area contributed by atoms with Gasteiger partial charge in [-0.3, -0.25) is 10.1 Å². The zero-order valence-electron chi connectivity index (χ0n) is 12.1. The van der Waals surface area contributed by atoms with E-state index in [9.17, 15) is 22.8 Å². The molecular weight excluding hydrogens is 346 g/mol. The first-order valence-corrected chi connectivity index (χ1v) is 9.03. The molecule has 0 aliphatic heterocycles. The Balaban J connectivity index is 1.89. The normalized spacial score (nSPS) is 15.6. The van der Waals surface area contributed by atoms with Crippen LogP contribution in [-0.2, 0) is 19.6 Å². The highest BCUT2D eigenvalue weighted by Crippen LogP contribution is 2.20. The zero-order valence-corrected chi connectivity index (χ0v) is 13.7. The first-order chi connectivity index (χ1) is 10.7. The Morgan fingerprint density at radius 2 is 2.04 bits per heavy atom. The molecule has 2 rings (SSSR count). The molecule has 0 bridgehead atoms. The van der Waals surface area contributed by atoms with Crippen molar-refractivity contribution in [3.8, 4) is 0 Å². The monoisotopic (exact) mass is 361 g/mol. The van der Waals surface area contributed by atoms with Gasteiger partial charge in [-0.25, -0.2) is 23.1 Å². The van der Waals surface area contributed by atoms with Crippen molar-refractivity contribution >= 4 is 39.3 Å². The van der Waals surface area contributed by atoms with E-state index in [0.717, 1.165) is 30.2 Å². The zero-order chi connectivity index (χ0) is 17.2. The Hall–Kier alpha value is -1.98. The summed E-state index contributed by atoms with van der Waals surface area (Å²) in [5.74, 6) is -1.67. The Kier molecular flexibility index (Phi) is 5.02. The third-order valence-corrected chi connectivity index (χ3v) is 5.28. The summed E-state index contributed by atoms with van der Waals surface area (Å²) in [5.41, 5.74) is -0.0406. The van der Waals surface area contributed by atoms with Gasteiger partial charge in [0.05, 0.1) is 5.56 Å². The van der Waals surface area contributed by atoms with Crippen molar-refractivity contribution in [2.45, 2.75) is 36.1 Å². The van der Waals surface area contributed by atoms with E-state index in [2.05, 4.69) is 10.6 Å². The van der Waals surface area contributed by atoms with E-state index >= 15 is 0 Å². The van der Waals surface area contributed by atoms with Crippen LogP contribution in [0.25, 0.3) is 0 Å². The SMILES string of the molecule is CC(OC(=O)c1csc(S(N)(=O)=O)c1)C(=O)NC(=O)NC1CC1. The lowest BCUT2D eigenvalue weighted by atomic mass is 10.3. The number of hydrogen-bond acceptors (Lipinski definition) is 7. The van der Waals surface area contributed by atoms with Gasteiger partial charge in [-0.05, 0) is 25.8 Å². The maximum atomic E-state index is 11.8. The Bertz CT molecular complexity index is 738. The summed E-state index contributed by atoms with van der Waals surface area (Å²) < 4.78 is 27.0. The fourth-order valence-electron chi connectivity index (χ4n) is 1.52. The predicted molar refractivity (Wildman–Crippen MR) is 80.3 cm³/mol. The second kappa shape index (κ2) is 6.64. The van der Waals surface area contributed by atoms with Gasteiger partial charge in [-0.1, -0.05) is 0 Å². The number of ether oxygens (including phenoxy) is 1. The number of urea groups is 1. The minimum atomic E-state index is -3.90. The molecule has 1 aromatic heterocycles. The van der Waals surface area contributed by atoms with Gasteiger partial charge in [0.25, 0.3) is 5.91 Å². The minimum Gasteiger partial charge on any atom is -0.449 e. The molecular formula is C12H15N3O6S2. The van der Waals surface area contributed by atoms with Crippen LogP contribution in [0.4, 0.5) is 4.79 Å². The summed E-state index contributed by atoms with van der Waals surface area (Å²) in [6.45, 7) is 1.30. The molecule has 23 heavy (non-hydrogen) atoms.